The average molecular weight is 273 g/mol. The van der Waals surface area contributed by atoms with Crippen LogP contribution in [0.25, 0.3) is 0 Å². The van der Waals surface area contributed by atoms with E-state index in [1.54, 1.807) is 30.3 Å². The fraction of sp³-hybridized carbons (Fsp3) is 0.133. The summed E-state index contributed by atoms with van der Waals surface area (Å²) in [5.74, 6) is -0.665. The molecule has 0 unspecified atom stereocenters. The van der Waals surface area contributed by atoms with Gasteiger partial charge in [-0.1, -0.05) is 30.3 Å². The van der Waals surface area contributed by atoms with Gasteiger partial charge in [-0.25, -0.2) is 4.39 Å². The number of carbonyl (C=O) groups is 1. The first-order valence-corrected chi connectivity index (χ1v) is 6.09. The molecule has 0 saturated carbocycles. The monoisotopic (exact) mass is 273 g/mol. The molecule has 2 aromatic carbocycles. The molecule has 0 aliphatic heterocycles. The van der Waals surface area contributed by atoms with E-state index < -0.39 is 10.7 Å². The Morgan fingerprint density at radius 2 is 1.85 bits per heavy atom. The number of benzene rings is 2. The fourth-order valence-electron chi connectivity index (χ4n) is 1.95. The second kappa shape index (κ2) is 6.06. The van der Waals surface area contributed by atoms with Crippen molar-refractivity contribution >= 4 is 11.5 Å². The Balaban J connectivity index is 2.13. The van der Waals surface area contributed by atoms with Crippen molar-refractivity contribution < 1.29 is 14.1 Å². The first-order chi connectivity index (χ1) is 9.58. The minimum Gasteiger partial charge on any atom is -0.294 e. The van der Waals surface area contributed by atoms with Crippen LogP contribution in [0.3, 0.4) is 0 Å². The first-order valence-electron chi connectivity index (χ1n) is 6.09. The van der Waals surface area contributed by atoms with Crippen LogP contribution in [0.15, 0.2) is 48.5 Å². The number of halogens is 1. The van der Waals surface area contributed by atoms with Crippen LogP contribution in [0.4, 0.5) is 10.1 Å². The topological polar surface area (TPSA) is 60.2 Å². The van der Waals surface area contributed by atoms with Crippen molar-refractivity contribution in [1.82, 2.24) is 0 Å². The number of nitro benzene ring substituents is 1. The van der Waals surface area contributed by atoms with Crippen LogP contribution in [0.5, 0.6) is 0 Å². The highest BCUT2D eigenvalue weighted by atomic mass is 19.1. The lowest BCUT2D eigenvalue weighted by atomic mass is 10.0. The van der Waals surface area contributed by atoms with Crippen LogP contribution in [-0.2, 0) is 6.42 Å². The molecular formula is C15H12FNO3. The van der Waals surface area contributed by atoms with E-state index in [-0.39, 0.29) is 29.9 Å². The number of carbonyl (C=O) groups excluding carboxylic acids is 1. The van der Waals surface area contributed by atoms with Gasteiger partial charge in [0, 0.05) is 23.6 Å². The third-order valence-corrected chi connectivity index (χ3v) is 2.96. The van der Waals surface area contributed by atoms with Gasteiger partial charge in [0.05, 0.1) is 4.92 Å². The summed E-state index contributed by atoms with van der Waals surface area (Å²) in [6.07, 6.45) is 0.246. The molecule has 0 spiro atoms. The van der Waals surface area contributed by atoms with E-state index in [4.69, 9.17) is 0 Å². The van der Waals surface area contributed by atoms with E-state index >= 15 is 0 Å². The molecule has 0 radical (unpaired) electrons. The van der Waals surface area contributed by atoms with Gasteiger partial charge in [0.25, 0.3) is 5.69 Å². The summed E-state index contributed by atoms with van der Waals surface area (Å²) >= 11 is 0. The minimum atomic E-state index is -0.568. The number of ketones is 1. The van der Waals surface area contributed by atoms with Gasteiger partial charge in [-0.15, -0.1) is 0 Å². The van der Waals surface area contributed by atoms with Crippen molar-refractivity contribution in [1.29, 1.82) is 0 Å². The molecule has 0 saturated heterocycles. The highest BCUT2D eigenvalue weighted by Crippen LogP contribution is 2.21. The largest absolute Gasteiger partial charge is 0.294 e. The Kier molecular flexibility index (Phi) is 4.20. The minimum absolute atomic E-state index is 0.105. The summed E-state index contributed by atoms with van der Waals surface area (Å²) in [6.45, 7) is 0. The molecular weight excluding hydrogens is 261 g/mol. The van der Waals surface area contributed by atoms with E-state index in [9.17, 15) is 19.3 Å². The zero-order valence-electron chi connectivity index (χ0n) is 10.6. The zero-order chi connectivity index (χ0) is 14.5. The zero-order valence-corrected chi connectivity index (χ0v) is 10.6. The SMILES string of the molecule is O=C(CCc1cc(F)ccc1[N+](=O)[O-])c1ccccc1. The second-order valence-corrected chi connectivity index (χ2v) is 4.32. The summed E-state index contributed by atoms with van der Waals surface area (Å²) in [7, 11) is 0. The molecule has 0 amide bonds. The van der Waals surface area contributed by atoms with Gasteiger partial charge in [0.15, 0.2) is 5.78 Å². The van der Waals surface area contributed by atoms with Crippen molar-refractivity contribution in [2.45, 2.75) is 12.8 Å². The molecule has 102 valence electrons. The Morgan fingerprint density at radius 1 is 1.15 bits per heavy atom. The maximum absolute atomic E-state index is 13.2. The molecule has 2 rings (SSSR count). The molecule has 0 heterocycles. The van der Waals surface area contributed by atoms with Crippen LogP contribution in [-0.4, -0.2) is 10.7 Å². The quantitative estimate of drug-likeness (QED) is 0.475. The summed E-state index contributed by atoms with van der Waals surface area (Å²) in [6, 6.07) is 11.9. The van der Waals surface area contributed by atoms with Crippen LogP contribution in [0, 0.1) is 15.9 Å². The van der Waals surface area contributed by atoms with Gasteiger partial charge < -0.3 is 0 Å². The molecule has 0 aliphatic rings. The molecule has 2 aromatic rings. The van der Waals surface area contributed by atoms with E-state index in [1.807, 2.05) is 0 Å². The van der Waals surface area contributed by atoms with Crippen LogP contribution in [0.1, 0.15) is 22.3 Å². The third kappa shape index (κ3) is 3.26. The van der Waals surface area contributed by atoms with Gasteiger partial charge in [0.2, 0.25) is 0 Å². The van der Waals surface area contributed by atoms with Crippen LogP contribution >= 0.6 is 0 Å². The van der Waals surface area contributed by atoms with Crippen LogP contribution < -0.4 is 0 Å². The molecule has 0 bridgehead atoms. The molecule has 4 nitrogen and oxygen atoms in total. The summed E-state index contributed by atoms with van der Waals surface area (Å²) < 4.78 is 13.2. The highest BCUT2D eigenvalue weighted by Gasteiger charge is 2.15. The molecule has 0 aromatic heterocycles. The number of nitrogens with zero attached hydrogens (tertiary/aromatic N) is 1. The van der Waals surface area contributed by atoms with Crippen molar-refractivity contribution in [2.24, 2.45) is 0 Å². The lowest BCUT2D eigenvalue weighted by molar-refractivity contribution is -0.385. The average Bonchev–Trinajstić information content (AvgIpc) is 2.45. The third-order valence-electron chi connectivity index (χ3n) is 2.96. The number of hydrogen-bond donors (Lipinski definition) is 0. The lowest BCUT2D eigenvalue weighted by Crippen LogP contribution is -2.03. The Bertz CT molecular complexity index is 641. The van der Waals surface area contributed by atoms with Crippen molar-refractivity contribution in [3.05, 3.63) is 75.6 Å². The van der Waals surface area contributed by atoms with Crippen LogP contribution in [0.2, 0.25) is 0 Å². The smallest absolute Gasteiger partial charge is 0.272 e. The normalized spacial score (nSPS) is 10.2. The van der Waals surface area contributed by atoms with E-state index in [0.29, 0.717) is 5.56 Å². The molecule has 0 aliphatic carbocycles. The van der Waals surface area contributed by atoms with Gasteiger partial charge >= 0.3 is 0 Å². The predicted octanol–water partition coefficient (Wildman–Crippen LogP) is 3.55. The number of hydrogen-bond acceptors (Lipinski definition) is 3. The van der Waals surface area contributed by atoms with Gasteiger partial charge in [-0.2, -0.15) is 0 Å². The molecule has 0 N–H and O–H groups in total. The second-order valence-electron chi connectivity index (χ2n) is 4.32. The van der Waals surface area contributed by atoms with E-state index in [1.165, 1.54) is 0 Å². The lowest BCUT2D eigenvalue weighted by Gasteiger charge is -2.03. The maximum atomic E-state index is 13.2. The molecule has 0 fully saturated rings. The van der Waals surface area contributed by atoms with E-state index in [0.717, 1.165) is 18.2 Å². The summed E-state index contributed by atoms with van der Waals surface area (Å²) in [5, 5.41) is 10.8. The Hall–Kier alpha value is -2.56. The summed E-state index contributed by atoms with van der Waals surface area (Å²) in [5.41, 5.74) is 0.623. The van der Waals surface area contributed by atoms with E-state index in [2.05, 4.69) is 0 Å². The first kappa shape index (κ1) is 13.9. The standard InChI is InChI=1S/C15H12FNO3/c16-13-7-8-14(17(19)20)12(10-13)6-9-15(18)11-4-2-1-3-5-11/h1-5,7-8,10H,6,9H2. The van der Waals surface area contributed by atoms with Gasteiger partial charge in [0.1, 0.15) is 5.82 Å². The van der Waals surface area contributed by atoms with Gasteiger partial charge in [-0.05, 0) is 18.6 Å². The predicted molar refractivity (Wildman–Crippen MR) is 72.1 cm³/mol. The molecule has 5 heteroatoms. The molecule has 20 heavy (non-hydrogen) atoms. The highest BCUT2D eigenvalue weighted by molar-refractivity contribution is 5.96. The number of nitro groups is 1. The van der Waals surface area contributed by atoms with Crippen molar-refractivity contribution in [3.8, 4) is 0 Å². The van der Waals surface area contributed by atoms with Crippen molar-refractivity contribution in [3.63, 3.8) is 0 Å². The Morgan fingerprint density at radius 3 is 2.50 bits per heavy atom. The molecule has 0 atom stereocenters. The number of Topliss-reactive ketones (excluding diaryl/α,β-unsaturated/α-hetero) is 1. The fourth-order valence-corrected chi connectivity index (χ4v) is 1.95. The number of aryl methyl sites for hydroxylation is 1. The maximum Gasteiger partial charge on any atom is 0.272 e. The van der Waals surface area contributed by atoms with Gasteiger partial charge in [-0.3, -0.25) is 14.9 Å². The number of rotatable bonds is 5. The Labute approximate surface area is 115 Å². The summed E-state index contributed by atoms with van der Waals surface area (Å²) in [4.78, 5) is 22.2. The van der Waals surface area contributed by atoms with Crippen molar-refractivity contribution in [2.75, 3.05) is 0 Å².